The standard InChI is InChI=1S/C14H13F2N3O/c15-13(16)9-20-6-5-18-14-11(8-17)7-10-3-1-2-4-12(10)19-14/h1-4,7,13H,5-6,9H2,(H,18,19). The molecule has 104 valence electrons. The van der Waals surface area contributed by atoms with Crippen molar-refractivity contribution < 1.29 is 13.5 Å². The van der Waals surface area contributed by atoms with Crippen LogP contribution in [0.25, 0.3) is 10.9 Å². The predicted octanol–water partition coefficient (Wildman–Crippen LogP) is 2.80. The zero-order valence-electron chi connectivity index (χ0n) is 10.6. The summed E-state index contributed by atoms with van der Waals surface area (Å²) >= 11 is 0. The van der Waals surface area contributed by atoms with E-state index in [1.807, 2.05) is 24.3 Å². The van der Waals surface area contributed by atoms with Crippen LogP contribution < -0.4 is 5.32 Å². The highest BCUT2D eigenvalue weighted by molar-refractivity contribution is 5.82. The predicted molar refractivity (Wildman–Crippen MR) is 71.8 cm³/mol. The minimum Gasteiger partial charge on any atom is -0.374 e. The van der Waals surface area contributed by atoms with E-state index in [1.165, 1.54) is 0 Å². The molecule has 6 heteroatoms. The number of hydrogen-bond acceptors (Lipinski definition) is 4. The molecule has 0 saturated heterocycles. The van der Waals surface area contributed by atoms with E-state index in [4.69, 9.17) is 10.00 Å². The second-order valence-corrected chi connectivity index (χ2v) is 4.08. The zero-order valence-corrected chi connectivity index (χ0v) is 10.6. The molecule has 0 aliphatic rings. The molecule has 0 spiro atoms. The number of benzene rings is 1. The maximum absolute atomic E-state index is 11.9. The average Bonchev–Trinajstić information content (AvgIpc) is 2.45. The van der Waals surface area contributed by atoms with Crippen molar-refractivity contribution in [1.29, 1.82) is 5.26 Å². The second-order valence-electron chi connectivity index (χ2n) is 4.08. The van der Waals surface area contributed by atoms with Crippen molar-refractivity contribution in [2.45, 2.75) is 6.43 Å². The molecule has 0 saturated carbocycles. The summed E-state index contributed by atoms with van der Waals surface area (Å²) in [6.07, 6.45) is -2.47. The second kappa shape index (κ2) is 6.78. The van der Waals surface area contributed by atoms with E-state index >= 15 is 0 Å². The largest absolute Gasteiger partial charge is 0.374 e. The van der Waals surface area contributed by atoms with Crippen LogP contribution in [-0.2, 0) is 4.74 Å². The summed E-state index contributed by atoms with van der Waals surface area (Å²) in [4.78, 5) is 4.34. The van der Waals surface area contributed by atoms with Crippen LogP contribution in [0.2, 0.25) is 0 Å². The summed E-state index contributed by atoms with van der Waals surface area (Å²) in [5.41, 5.74) is 1.18. The highest BCUT2D eigenvalue weighted by atomic mass is 19.3. The van der Waals surface area contributed by atoms with Crippen LogP contribution in [0.5, 0.6) is 0 Å². The van der Waals surface area contributed by atoms with E-state index in [0.29, 0.717) is 17.9 Å². The number of halogens is 2. The Hall–Kier alpha value is -2.26. The van der Waals surface area contributed by atoms with Gasteiger partial charge in [-0.05, 0) is 12.1 Å². The van der Waals surface area contributed by atoms with Gasteiger partial charge in [-0.3, -0.25) is 0 Å². The third kappa shape index (κ3) is 3.62. The van der Waals surface area contributed by atoms with Crippen LogP contribution >= 0.6 is 0 Å². The number of alkyl halides is 2. The molecule has 0 unspecified atom stereocenters. The Morgan fingerprint density at radius 1 is 1.35 bits per heavy atom. The van der Waals surface area contributed by atoms with Crippen LogP contribution in [0, 0.1) is 11.3 Å². The van der Waals surface area contributed by atoms with Gasteiger partial charge in [0, 0.05) is 11.9 Å². The number of hydrogen-bond donors (Lipinski definition) is 1. The Bertz CT molecular complexity index is 625. The molecule has 1 aromatic heterocycles. The van der Waals surface area contributed by atoms with Crippen molar-refractivity contribution in [2.24, 2.45) is 0 Å². The molecule has 2 rings (SSSR count). The van der Waals surface area contributed by atoms with Gasteiger partial charge in [0.2, 0.25) is 0 Å². The number of rotatable bonds is 6. The molecular weight excluding hydrogens is 264 g/mol. The number of nitrogens with one attached hydrogen (secondary N) is 1. The lowest BCUT2D eigenvalue weighted by Crippen LogP contribution is -2.14. The van der Waals surface area contributed by atoms with E-state index in [0.717, 1.165) is 10.9 Å². The van der Waals surface area contributed by atoms with Gasteiger partial charge in [-0.1, -0.05) is 18.2 Å². The molecule has 0 radical (unpaired) electrons. The summed E-state index contributed by atoms with van der Waals surface area (Å²) in [6.45, 7) is -0.144. The van der Waals surface area contributed by atoms with Gasteiger partial charge >= 0.3 is 0 Å². The van der Waals surface area contributed by atoms with Gasteiger partial charge in [0.15, 0.2) is 0 Å². The molecule has 0 atom stereocenters. The van der Waals surface area contributed by atoms with Crippen molar-refractivity contribution in [1.82, 2.24) is 4.98 Å². The van der Waals surface area contributed by atoms with Gasteiger partial charge in [-0.2, -0.15) is 5.26 Å². The number of para-hydroxylation sites is 1. The monoisotopic (exact) mass is 277 g/mol. The summed E-state index contributed by atoms with van der Waals surface area (Å²) in [6, 6.07) is 11.2. The first-order valence-electron chi connectivity index (χ1n) is 6.10. The third-order valence-corrected chi connectivity index (χ3v) is 2.63. The maximum Gasteiger partial charge on any atom is 0.261 e. The molecule has 1 N–H and O–H groups in total. The maximum atomic E-state index is 11.9. The Morgan fingerprint density at radius 2 is 2.15 bits per heavy atom. The van der Waals surface area contributed by atoms with Gasteiger partial charge in [-0.25, -0.2) is 13.8 Å². The molecule has 0 bridgehead atoms. The van der Waals surface area contributed by atoms with Crippen molar-refractivity contribution in [3.8, 4) is 6.07 Å². The summed E-state index contributed by atoms with van der Waals surface area (Å²) in [5, 5.41) is 12.9. The molecular formula is C14H13F2N3O. The minimum absolute atomic E-state index is 0.129. The molecule has 0 fully saturated rings. The van der Waals surface area contributed by atoms with E-state index in [-0.39, 0.29) is 6.61 Å². The smallest absolute Gasteiger partial charge is 0.261 e. The van der Waals surface area contributed by atoms with E-state index in [9.17, 15) is 8.78 Å². The number of fused-ring (bicyclic) bond motifs is 1. The molecule has 4 nitrogen and oxygen atoms in total. The van der Waals surface area contributed by atoms with Crippen LogP contribution in [-0.4, -0.2) is 31.2 Å². The van der Waals surface area contributed by atoms with E-state index in [2.05, 4.69) is 16.4 Å². The fraction of sp³-hybridized carbons (Fsp3) is 0.286. The summed E-state index contributed by atoms with van der Waals surface area (Å²) < 4.78 is 28.5. The fourth-order valence-corrected chi connectivity index (χ4v) is 1.75. The van der Waals surface area contributed by atoms with Crippen molar-refractivity contribution >= 4 is 16.7 Å². The highest BCUT2D eigenvalue weighted by Crippen LogP contribution is 2.19. The quantitative estimate of drug-likeness (QED) is 0.825. The number of aromatic nitrogens is 1. The molecule has 1 heterocycles. The number of nitriles is 1. The summed E-state index contributed by atoms with van der Waals surface area (Å²) in [7, 11) is 0. The first-order chi connectivity index (χ1) is 9.70. The topological polar surface area (TPSA) is 57.9 Å². The lowest BCUT2D eigenvalue weighted by molar-refractivity contribution is 0.0215. The normalized spacial score (nSPS) is 10.7. The molecule has 1 aromatic carbocycles. The first-order valence-corrected chi connectivity index (χ1v) is 6.10. The number of pyridine rings is 1. The highest BCUT2D eigenvalue weighted by Gasteiger charge is 2.06. The molecule has 2 aromatic rings. The molecule has 0 aliphatic heterocycles. The molecule has 0 aliphatic carbocycles. The van der Waals surface area contributed by atoms with Crippen LogP contribution in [0.3, 0.4) is 0 Å². The van der Waals surface area contributed by atoms with Crippen molar-refractivity contribution in [2.75, 3.05) is 25.1 Å². The van der Waals surface area contributed by atoms with E-state index < -0.39 is 13.0 Å². The Balaban J connectivity index is 2.03. The minimum atomic E-state index is -2.47. The third-order valence-electron chi connectivity index (χ3n) is 2.63. The van der Waals surface area contributed by atoms with Gasteiger partial charge in [-0.15, -0.1) is 0 Å². The zero-order chi connectivity index (χ0) is 14.4. The molecule has 20 heavy (non-hydrogen) atoms. The van der Waals surface area contributed by atoms with Gasteiger partial charge < -0.3 is 10.1 Å². The average molecular weight is 277 g/mol. The van der Waals surface area contributed by atoms with Crippen LogP contribution in [0.1, 0.15) is 5.56 Å². The lowest BCUT2D eigenvalue weighted by atomic mass is 10.1. The SMILES string of the molecule is N#Cc1cc2ccccc2nc1NCCOCC(F)F. The first kappa shape index (κ1) is 14.2. The van der Waals surface area contributed by atoms with Crippen molar-refractivity contribution in [3.05, 3.63) is 35.9 Å². The van der Waals surface area contributed by atoms with Gasteiger partial charge in [0.1, 0.15) is 18.5 Å². The number of ether oxygens (including phenoxy) is 1. The van der Waals surface area contributed by atoms with E-state index in [1.54, 1.807) is 6.07 Å². The summed E-state index contributed by atoms with van der Waals surface area (Å²) in [5.74, 6) is 0.437. The van der Waals surface area contributed by atoms with Crippen LogP contribution in [0.15, 0.2) is 30.3 Å². The Morgan fingerprint density at radius 3 is 2.90 bits per heavy atom. The van der Waals surface area contributed by atoms with Crippen molar-refractivity contribution in [3.63, 3.8) is 0 Å². The fourth-order valence-electron chi connectivity index (χ4n) is 1.75. The Kier molecular flexibility index (Phi) is 4.80. The molecule has 0 amide bonds. The van der Waals surface area contributed by atoms with Crippen LogP contribution in [0.4, 0.5) is 14.6 Å². The van der Waals surface area contributed by atoms with Gasteiger partial charge in [0.05, 0.1) is 17.7 Å². The lowest BCUT2D eigenvalue weighted by Gasteiger charge is -2.09. The number of nitrogens with zero attached hydrogens (tertiary/aromatic N) is 2. The Labute approximate surface area is 115 Å². The number of anilines is 1. The van der Waals surface area contributed by atoms with Gasteiger partial charge in [0.25, 0.3) is 6.43 Å².